The molecule has 0 bridgehead atoms. The lowest BCUT2D eigenvalue weighted by Gasteiger charge is -2.26. The van der Waals surface area contributed by atoms with E-state index < -0.39 is 0 Å². The highest BCUT2D eigenvalue weighted by molar-refractivity contribution is 5.87. The van der Waals surface area contributed by atoms with E-state index in [0.717, 1.165) is 31.5 Å². The van der Waals surface area contributed by atoms with Crippen LogP contribution in [-0.2, 0) is 11.2 Å². The number of aliphatic hydroxyl groups excluding tert-OH is 1. The molecular formula is C14H18N2O2. The summed E-state index contributed by atoms with van der Waals surface area (Å²) in [7, 11) is 0. The van der Waals surface area contributed by atoms with Gasteiger partial charge in [0.25, 0.3) is 0 Å². The van der Waals surface area contributed by atoms with Gasteiger partial charge in [0.2, 0.25) is 5.91 Å². The fourth-order valence-corrected chi connectivity index (χ4v) is 2.96. The molecule has 2 unspecified atom stereocenters. The number of amides is 1. The number of nitrogens with zero attached hydrogens (tertiary/aromatic N) is 1. The molecule has 0 radical (unpaired) electrons. The molecule has 2 N–H and O–H groups in total. The Bertz CT molecular complexity index is 436. The van der Waals surface area contributed by atoms with Gasteiger partial charge in [-0.25, -0.2) is 0 Å². The van der Waals surface area contributed by atoms with Crippen LogP contribution in [0.4, 0.5) is 5.69 Å². The van der Waals surface area contributed by atoms with E-state index in [1.807, 2.05) is 23.1 Å². The first kappa shape index (κ1) is 11.5. The largest absolute Gasteiger partial charge is 0.394 e. The Hall–Kier alpha value is -1.55. The molecular weight excluding hydrogens is 228 g/mol. The summed E-state index contributed by atoms with van der Waals surface area (Å²) in [5.41, 5.74) is 2.27. The molecule has 1 aromatic carbocycles. The molecule has 0 spiro atoms. The molecule has 18 heavy (non-hydrogen) atoms. The second kappa shape index (κ2) is 4.61. The van der Waals surface area contributed by atoms with Gasteiger partial charge < -0.3 is 15.3 Å². The number of anilines is 1. The summed E-state index contributed by atoms with van der Waals surface area (Å²) >= 11 is 0. The molecule has 0 aromatic heterocycles. The summed E-state index contributed by atoms with van der Waals surface area (Å²) in [5, 5.41) is 12.6. The molecule has 96 valence electrons. The molecule has 2 heterocycles. The maximum Gasteiger partial charge on any atom is 0.245 e. The predicted octanol–water partition coefficient (Wildman–Crippen LogP) is 1.01. The number of rotatable bonds is 2. The molecule has 2 aliphatic heterocycles. The zero-order valence-electron chi connectivity index (χ0n) is 10.3. The van der Waals surface area contributed by atoms with E-state index >= 15 is 0 Å². The molecule has 2 aliphatic rings. The zero-order chi connectivity index (χ0) is 12.5. The summed E-state index contributed by atoms with van der Waals surface area (Å²) in [6.07, 6.45) is 2.67. The van der Waals surface area contributed by atoms with Gasteiger partial charge in [0.05, 0.1) is 12.6 Å². The topological polar surface area (TPSA) is 52.6 Å². The summed E-state index contributed by atoms with van der Waals surface area (Å²) in [6.45, 7) is 0.851. The number of fused-ring (bicyclic) bond motifs is 1. The van der Waals surface area contributed by atoms with Gasteiger partial charge in [-0.3, -0.25) is 4.79 Å². The third kappa shape index (κ3) is 1.86. The van der Waals surface area contributed by atoms with Gasteiger partial charge in [0.1, 0.15) is 6.04 Å². The van der Waals surface area contributed by atoms with Crippen LogP contribution in [0.25, 0.3) is 0 Å². The van der Waals surface area contributed by atoms with Crippen LogP contribution >= 0.6 is 0 Å². The Morgan fingerprint density at radius 1 is 1.44 bits per heavy atom. The number of hydrogen-bond donors (Lipinski definition) is 2. The predicted molar refractivity (Wildman–Crippen MR) is 69.4 cm³/mol. The maximum absolute atomic E-state index is 12.4. The number of carbonyl (C=O) groups excluding carboxylic acids is 1. The van der Waals surface area contributed by atoms with Gasteiger partial charge in [-0.2, -0.15) is 0 Å². The molecule has 0 aliphatic carbocycles. The van der Waals surface area contributed by atoms with Gasteiger partial charge in [0, 0.05) is 18.7 Å². The van der Waals surface area contributed by atoms with Crippen molar-refractivity contribution in [2.24, 2.45) is 0 Å². The van der Waals surface area contributed by atoms with Crippen molar-refractivity contribution in [2.75, 3.05) is 18.5 Å². The van der Waals surface area contributed by atoms with E-state index in [0.29, 0.717) is 0 Å². The van der Waals surface area contributed by atoms with Crippen LogP contribution in [0.1, 0.15) is 18.4 Å². The third-order valence-corrected chi connectivity index (χ3v) is 3.94. The Kier molecular flexibility index (Phi) is 2.96. The molecule has 1 aromatic rings. The number of carbonyl (C=O) groups is 1. The van der Waals surface area contributed by atoms with Crippen molar-refractivity contribution in [3.8, 4) is 0 Å². The summed E-state index contributed by atoms with van der Waals surface area (Å²) < 4.78 is 0. The average molecular weight is 246 g/mol. The first-order chi connectivity index (χ1) is 8.79. The lowest BCUT2D eigenvalue weighted by molar-refractivity contribution is -0.133. The van der Waals surface area contributed by atoms with Gasteiger partial charge >= 0.3 is 0 Å². The van der Waals surface area contributed by atoms with Crippen LogP contribution in [-0.4, -0.2) is 41.1 Å². The standard InChI is InChI=1S/C14H18N2O2/c17-9-11-5-3-7-16(11)14(18)13-8-10-4-1-2-6-12(10)15-13/h1-2,4,6,11,13,15,17H,3,5,7-9H2. The molecule has 4 nitrogen and oxygen atoms in total. The summed E-state index contributed by atoms with van der Waals surface area (Å²) in [4.78, 5) is 14.3. The van der Waals surface area contributed by atoms with Crippen LogP contribution < -0.4 is 5.32 Å². The normalized spacial score (nSPS) is 25.9. The molecule has 1 saturated heterocycles. The molecule has 2 atom stereocenters. The number of nitrogens with one attached hydrogen (secondary N) is 1. The van der Waals surface area contributed by atoms with Crippen molar-refractivity contribution in [1.82, 2.24) is 4.90 Å². The zero-order valence-corrected chi connectivity index (χ0v) is 10.3. The monoisotopic (exact) mass is 246 g/mol. The van der Waals surface area contributed by atoms with Crippen molar-refractivity contribution >= 4 is 11.6 Å². The van der Waals surface area contributed by atoms with E-state index in [1.54, 1.807) is 0 Å². The highest BCUT2D eigenvalue weighted by Crippen LogP contribution is 2.27. The van der Waals surface area contributed by atoms with Crippen LogP contribution in [0, 0.1) is 0 Å². The van der Waals surface area contributed by atoms with Crippen LogP contribution in [0.15, 0.2) is 24.3 Å². The second-order valence-electron chi connectivity index (χ2n) is 5.07. The number of aliphatic hydroxyl groups is 1. The Balaban J connectivity index is 1.72. The van der Waals surface area contributed by atoms with Gasteiger partial charge in [-0.05, 0) is 24.5 Å². The van der Waals surface area contributed by atoms with E-state index in [2.05, 4.69) is 11.4 Å². The minimum absolute atomic E-state index is 0.0167. The lowest BCUT2D eigenvalue weighted by atomic mass is 10.1. The van der Waals surface area contributed by atoms with Crippen molar-refractivity contribution in [3.05, 3.63) is 29.8 Å². The van der Waals surface area contributed by atoms with Crippen molar-refractivity contribution < 1.29 is 9.90 Å². The quantitative estimate of drug-likeness (QED) is 0.818. The fraction of sp³-hybridized carbons (Fsp3) is 0.500. The lowest BCUT2D eigenvalue weighted by Crippen LogP contribution is -2.45. The van der Waals surface area contributed by atoms with Crippen LogP contribution in [0.3, 0.4) is 0 Å². The second-order valence-corrected chi connectivity index (χ2v) is 5.07. The van der Waals surface area contributed by atoms with Gasteiger partial charge in [-0.1, -0.05) is 18.2 Å². The minimum Gasteiger partial charge on any atom is -0.394 e. The molecule has 4 heteroatoms. The van der Waals surface area contributed by atoms with Gasteiger partial charge in [0.15, 0.2) is 0 Å². The molecule has 0 saturated carbocycles. The smallest absolute Gasteiger partial charge is 0.245 e. The highest BCUT2D eigenvalue weighted by atomic mass is 16.3. The highest BCUT2D eigenvalue weighted by Gasteiger charge is 2.35. The Morgan fingerprint density at radius 3 is 3.06 bits per heavy atom. The van der Waals surface area contributed by atoms with E-state index in [-0.39, 0.29) is 24.6 Å². The first-order valence-corrected chi connectivity index (χ1v) is 6.55. The van der Waals surface area contributed by atoms with Crippen molar-refractivity contribution in [2.45, 2.75) is 31.3 Å². The van der Waals surface area contributed by atoms with Crippen LogP contribution in [0.5, 0.6) is 0 Å². The summed E-state index contributed by atoms with van der Waals surface area (Å²) in [5.74, 6) is 0.128. The van der Waals surface area contributed by atoms with Crippen LogP contribution in [0.2, 0.25) is 0 Å². The fourth-order valence-electron chi connectivity index (χ4n) is 2.96. The number of hydrogen-bond acceptors (Lipinski definition) is 3. The molecule has 1 amide bonds. The van der Waals surface area contributed by atoms with Gasteiger partial charge in [-0.15, -0.1) is 0 Å². The van der Waals surface area contributed by atoms with E-state index in [9.17, 15) is 9.90 Å². The van der Waals surface area contributed by atoms with E-state index in [4.69, 9.17) is 0 Å². The van der Waals surface area contributed by atoms with E-state index in [1.165, 1.54) is 5.56 Å². The minimum atomic E-state index is -0.158. The van der Waals surface area contributed by atoms with Crippen molar-refractivity contribution in [1.29, 1.82) is 0 Å². The SMILES string of the molecule is O=C(C1Cc2ccccc2N1)N1CCCC1CO. The van der Waals surface area contributed by atoms with Crippen molar-refractivity contribution in [3.63, 3.8) is 0 Å². The number of likely N-dealkylation sites (tertiary alicyclic amines) is 1. The molecule has 1 fully saturated rings. The number of benzene rings is 1. The first-order valence-electron chi connectivity index (χ1n) is 6.55. The average Bonchev–Trinajstić information content (AvgIpc) is 3.03. The summed E-state index contributed by atoms with van der Waals surface area (Å²) in [6, 6.07) is 7.90. The Labute approximate surface area is 107 Å². The maximum atomic E-state index is 12.4. The number of para-hydroxylation sites is 1. The Morgan fingerprint density at radius 2 is 2.28 bits per heavy atom. The third-order valence-electron chi connectivity index (χ3n) is 3.94. The molecule has 3 rings (SSSR count).